The Balaban J connectivity index is 4.46. The Morgan fingerprint density at radius 1 is 1.40 bits per heavy atom. The van der Waals surface area contributed by atoms with Crippen LogP contribution in [0.3, 0.4) is 0 Å². The van der Waals surface area contributed by atoms with E-state index in [0.717, 1.165) is 0 Å². The van der Waals surface area contributed by atoms with E-state index in [-0.39, 0.29) is 0 Å². The van der Waals surface area contributed by atoms with E-state index >= 15 is 0 Å². The summed E-state index contributed by atoms with van der Waals surface area (Å²) in [6.07, 6.45) is -0.616. The molecule has 0 rings (SSSR count). The fraction of sp³-hybridized carbons (Fsp3) is 0.778. The fourth-order valence-corrected chi connectivity index (χ4v) is 1.15. The van der Waals surface area contributed by atoms with Crippen LogP contribution in [0.2, 0.25) is 0 Å². The molecule has 0 radical (unpaired) electrons. The second-order valence-electron chi connectivity index (χ2n) is 3.11. The first-order valence-corrected chi connectivity index (χ1v) is 4.50. The first-order valence-electron chi connectivity index (χ1n) is 4.50. The van der Waals surface area contributed by atoms with Crippen LogP contribution >= 0.6 is 0 Å². The second kappa shape index (κ2) is 7.04. The summed E-state index contributed by atoms with van der Waals surface area (Å²) in [6.45, 7) is 0.634. The minimum Gasteiger partial charge on any atom is -0.465 e. The van der Waals surface area contributed by atoms with E-state index in [1.54, 1.807) is 0 Å². The van der Waals surface area contributed by atoms with Crippen LogP contribution in [0.4, 0.5) is 4.79 Å². The highest BCUT2D eigenvalue weighted by Gasteiger charge is 2.31. The first-order chi connectivity index (χ1) is 7.10. The summed E-state index contributed by atoms with van der Waals surface area (Å²) in [5.74, 6) is 0. The van der Waals surface area contributed by atoms with Crippen LogP contribution in [-0.4, -0.2) is 44.2 Å². The maximum Gasteiger partial charge on any atom is 0.405 e. The highest BCUT2D eigenvalue weighted by molar-refractivity contribution is 5.66. The highest BCUT2D eigenvalue weighted by atomic mass is 16.5. The van der Waals surface area contributed by atoms with Gasteiger partial charge in [0.2, 0.25) is 0 Å². The van der Waals surface area contributed by atoms with Crippen molar-refractivity contribution in [2.45, 2.75) is 18.4 Å². The summed E-state index contributed by atoms with van der Waals surface area (Å²) in [5, 5.41) is 19.8. The van der Waals surface area contributed by atoms with Gasteiger partial charge in [0.15, 0.2) is 0 Å². The van der Waals surface area contributed by atoms with Crippen molar-refractivity contribution in [3.63, 3.8) is 0 Å². The Morgan fingerprint density at radius 2 is 1.87 bits per heavy atom. The molecule has 0 spiro atoms. The molecule has 1 amide bonds. The van der Waals surface area contributed by atoms with E-state index < -0.39 is 11.6 Å². The monoisotopic (exact) mass is 216 g/mol. The highest BCUT2D eigenvalue weighted by Crippen LogP contribution is 2.14. The largest absolute Gasteiger partial charge is 0.465 e. The third-order valence-electron chi connectivity index (χ3n) is 2.03. The van der Waals surface area contributed by atoms with Crippen molar-refractivity contribution < 1.29 is 19.4 Å². The van der Waals surface area contributed by atoms with E-state index in [4.69, 9.17) is 19.8 Å². The molecule has 0 saturated heterocycles. The van der Waals surface area contributed by atoms with Gasteiger partial charge in [-0.05, 0) is 0 Å². The van der Waals surface area contributed by atoms with Crippen molar-refractivity contribution in [3.8, 4) is 6.07 Å². The lowest BCUT2D eigenvalue weighted by atomic mass is 9.94. The molecule has 6 nitrogen and oxygen atoms in total. The summed E-state index contributed by atoms with van der Waals surface area (Å²) in [5.41, 5.74) is -1.13. The van der Waals surface area contributed by atoms with Crippen molar-refractivity contribution in [3.05, 3.63) is 0 Å². The average Bonchev–Trinajstić information content (AvgIpc) is 2.22. The van der Waals surface area contributed by atoms with E-state index in [9.17, 15) is 4.79 Å². The Bertz CT molecular complexity index is 229. The van der Waals surface area contributed by atoms with Crippen molar-refractivity contribution in [2.24, 2.45) is 0 Å². The van der Waals surface area contributed by atoms with Crippen molar-refractivity contribution in [2.75, 3.05) is 27.4 Å². The summed E-state index contributed by atoms with van der Waals surface area (Å²) >= 11 is 0. The molecule has 0 aromatic rings. The minimum absolute atomic E-state index is 0.301. The maximum absolute atomic E-state index is 10.6. The van der Waals surface area contributed by atoms with Crippen molar-refractivity contribution in [1.82, 2.24) is 5.32 Å². The molecule has 0 heterocycles. The zero-order valence-electron chi connectivity index (χ0n) is 8.95. The van der Waals surface area contributed by atoms with Gasteiger partial charge in [0.05, 0.1) is 6.07 Å². The van der Waals surface area contributed by atoms with Crippen LogP contribution in [0.1, 0.15) is 12.8 Å². The Hall–Kier alpha value is -1.32. The summed E-state index contributed by atoms with van der Waals surface area (Å²) in [4.78, 5) is 10.6. The van der Waals surface area contributed by atoms with Crippen LogP contribution in [0.5, 0.6) is 0 Å². The molecule has 86 valence electrons. The lowest BCUT2D eigenvalue weighted by molar-refractivity contribution is 0.130. The molecular weight excluding hydrogens is 200 g/mol. The van der Waals surface area contributed by atoms with Gasteiger partial charge in [0.1, 0.15) is 5.54 Å². The molecule has 0 saturated carbocycles. The number of ether oxygens (including phenoxy) is 2. The van der Waals surface area contributed by atoms with Crippen LogP contribution < -0.4 is 5.32 Å². The predicted molar refractivity (Wildman–Crippen MR) is 52.5 cm³/mol. The molecule has 2 N–H and O–H groups in total. The SMILES string of the molecule is COCCC(C#N)(CCOC)NC(=O)O. The van der Waals surface area contributed by atoms with Crippen LogP contribution in [0.25, 0.3) is 0 Å². The van der Waals surface area contributed by atoms with Crippen LogP contribution in [-0.2, 0) is 9.47 Å². The summed E-state index contributed by atoms with van der Waals surface area (Å²) < 4.78 is 9.67. The van der Waals surface area contributed by atoms with Crippen LogP contribution in [0.15, 0.2) is 0 Å². The third kappa shape index (κ3) is 5.20. The van der Waals surface area contributed by atoms with Crippen LogP contribution in [0, 0.1) is 11.3 Å². The molecule has 15 heavy (non-hydrogen) atoms. The topological polar surface area (TPSA) is 91.6 Å². The van der Waals surface area contributed by atoms with Gasteiger partial charge in [-0.3, -0.25) is 0 Å². The Labute approximate surface area is 88.8 Å². The smallest absolute Gasteiger partial charge is 0.405 e. The van der Waals surface area contributed by atoms with Gasteiger partial charge in [-0.2, -0.15) is 5.26 Å². The molecule has 0 aliphatic carbocycles. The molecule has 0 bridgehead atoms. The predicted octanol–water partition coefficient (Wildman–Crippen LogP) is 0.589. The maximum atomic E-state index is 10.6. The molecule has 0 unspecified atom stereocenters. The quantitative estimate of drug-likeness (QED) is 0.649. The molecular formula is C9H16N2O4. The molecule has 0 aliphatic heterocycles. The van der Waals surface area contributed by atoms with E-state index in [2.05, 4.69) is 5.32 Å². The number of methoxy groups -OCH3 is 2. The molecule has 0 aromatic heterocycles. The molecule has 0 atom stereocenters. The van der Waals surface area contributed by atoms with Gasteiger partial charge in [0.25, 0.3) is 0 Å². The zero-order chi connectivity index (χ0) is 11.7. The number of carbonyl (C=O) groups is 1. The first kappa shape index (κ1) is 13.7. The molecule has 0 aromatic carbocycles. The molecule has 0 fully saturated rings. The van der Waals surface area contributed by atoms with Gasteiger partial charge in [0, 0.05) is 40.3 Å². The van der Waals surface area contributed by atoms with Gasteiger partial charge in [-0.15, -0.1) is 0 Å². The summed E-state index contributed by atoms with van der Waals surface area (Å²) in [6, 6.07) is 1.96. The van der Waals surface area contributed by atoms with E-state index in [1.807, 2.05) is 6.07 Å². The molecule has 6 heteroatoms. The van der Waals surface area contributed by atoms with Gasteiger partial charge >= 0.3 is 6.09 Å². The van der Waals surface area contributed by atoms with Gasteiger partial charge in [-0.25, -0.2) is 4.79 Å². The fourth-order valence-electron chi connectivity index (χ4n) is 1.15. The third-order valence-corrected chi connectivity index (χ3v) is 2.03. The van der Waals surface area contributed by atoms with Gasteiger partial charge < -0.3 is 19.9 Å². The number of hydrogen-bond acceptors (Lipinski definition) is 4. The lowest BCUT2D eigenvalue weighted by Crippen LogP contribution is -2.48. The van der Waals surface area contributed by atoms with Gasteiger partial charge in [-0.1, -0.05) is 0 Å². The standard InChI is InChI=1S/C9H16N2O4/c1-14-5-3-9(7-10,4-6-15-2)11-8(12)13/h11H,3-6H2,1-2H3,(H,12,13). The van der Waals surface area contributed by atoms with Crippen molar-refractivity contribution >= 4 is 6.09 Å². The number of nitriles is 1. The second-order valence-corrected chi connectivity index (χ2v) is 3.11. The lowest BCUT2D eigenvalue weighted by Gasteiger charge is -2.25. The minimum atomic E-state index is -1.22. The van der Waals surface area contributed by atoms with E-state index in [0.29, 0.717) is 26.1 Å². The molecule has 0 aliphatic rings. The number of carboxylic acid groups (broad SMARTS) is 1. The number of amides is 1. The number of nitrogens with zero attached hydrogens (tertiary/aromatic N) is 1. The Morgan fingerprint density at radius 3 is 2.13 bits per heavy atom. The zero-order valence-corrected chi connectivity index (χ0v) is 8.95. The van der Waals surface area contributed by atoms with E-state index in [1.165, 1.54) is 14.2 Å². The summed E-state index contributed by atoms with van der Waals surface area (Å²) in [7, 11) is 3.00. The number of hydrogen-bond donors (Lipinski definition) is 2. The normalized spacial score (nSPS) is 10.7. The number of rotatable bonds is 7. The Kier molecular flexibility index (Phi) is 6.42. The number of nitrogens with one attached hydrogen (secondary N) is 1. The average molecular weight is 216 g/mol. The van der Waals surface area contributed by atoms with Crippen molar-refractivity contribution in [1.29, 1.82) is 5.26 Å².